The van der Waals surface area contributed by atoms with Crippen LogP contribution in [0.4, 0.5) is 5.69 Å². The normalized spacial score (nSPS) is 12.0. The van der Waals surface area contributed by atoms with Crippen molar-refractivity contribution < 1.29 is 9.53 Å². The zero-order valence-electron chi connectivity index (χ0n) is 12.9. The summed E-state index contributed by atoms with van der Waals surface area (Å²) >= 11 is 5.82. The predicted molar refractivity (Wildman–Crippen MR) is 93.3 cm³/mol. The minimum Gasteiger partial charge on any atom is -0.497 e. The van der Waals surface area contributed by atoms with Crippen LogP contribution in [0.5, 0.6) is 5.75 Å². The number of nitrogens with one attached hydrogen (secondary N) is 2. The van der Waals surface area contributed by atoms with Crippen LogP contribution in [0.15, 0.2) is 53.6 Å². The number of halogens is 1. The topological polar surface area (TPSA) is 62.7 Å². The number of rotatable bonds is 6. The minimum atomic E-state index is -0.432. The van der Waals surface area contributed by atoms with E-state index in [0.717, 1.165) is 17.0 Å². The number of hydrazone groups is 1. The van der Waals surface area contributed by atoms with Crippen LogP contribution in [0.2, 0.25) is 5.02 Å². The van der Waals surface area contributed by atoms with E-state index in [4.69, 9.17) is 16.3 Å². The molecule has 0 saturated carbocycles. The number of anilines is 1. The lowest BCUT2D eigenvalue weighted by atomic mass is 10.2. The highest BCUT2D eigenvalue weighted by Gasteiger charge is 2.11. The molecule has 2 aromatic carbocycles. The van der Waals surface area contributed by atoms with Gasteiger partial charge in [0, 0.05) is 10.7 Å². The van der Waals surface area contributed by atoms with E-state index in [1.165, 1.54) is 0 Å². The molecule has 0 saturated heterocycles. The number of ether oxygens (including phenoxy) is 1. The predicted octanol–water partition coefficient (Wildman–Crippen LogP) is 3.30. The van der Waals surface area contributed by atoms with Crippen molar-refractivity contribution in [2.45, 2.75) is 13.0 Å². The van der Waals surface area contributed by atoms with E-state index < -0.39 is 6.04 Å². The number of carbonyl (C=O) groups is 1. The summed E-state index contributed by atoms with van der Waals surface area (Å²) in [5.41, 5.74) is 4.15. The Morgan fingerprint density at radius 2 is 2.00 bits per heavy atom. The lowest BCUT2D eigenvalue weighted by Gasteiger charge is -2.13. The molecule has 0 aromatic heterocycles. The van der Waals surface area contributed by atoms with Crippen molar-refractivity contribution in [2.24, 2.45) is 5.10 Å². The molecule has 0 spiro atoms. The monoisotopic (exact) mass is 331 g/mol. The van der Waals surface area contributed by atoms with Crippen LogP contribution in [0.1, 0.15) is 12.5 Å². The highest BCUT2D eigenvalue weighted by Crippen LogP contribution is 2.14. The van der Waals surface area contributed by atoms with Crippen molar-refractivity contribution in [2.75, 3.05) is 12.4 Å². The third-order valence-corrected chi connectivity index (χ3v) is 3.35. The molecule has 120 valence electrons. The SMILES string of the molecule is COc1cccc(/C=N/NC(=O)C(C)Nc2ccc(Cl)cc2)c1. The van der Waals surface area contributed by atoms with Crippen LogP contribution in [-0.2, 0) is 4.79 Å². The van der Waals surface area contributed by atoms with Gasteiger partial charge in [0.05, 0.1) is 13.3 Å². The number of hydrogen-bond acceptors (Lipinski definition) is 4. The molecule has 0 heterocycles. The van der Waals surface area contributed by atoms with E-state index in [1.807, 2.05) is 36.4 Å². The first-order valence-corrected chi connectivity index (χ1v) is 7.45. The zero-order chi connectivity index (χ0) is 16.7. The molecule has 0 aliphatic rings. The van der Waals surface area contributed by atoms with Gasteiger partial charge in [-0.1, -0.05) is 23.7 Å². The minimum absolute atomic E-state index is 0.237. The Hall–Kier alpha value is -2.53. The van der Waals surface area contributed by atoms with Gasteiger partial charge in [-0.15, -0.1) is 0 Å². The first kappa shape index (κ1) is 16.8. The summed E-state index contributed by atoms with van der Waals surface area (Å²) in [5, 5.41) is 7.67. The van der Waals surface area contributed by atoms with Gasteiger partial charge in [0.25, 0.3) is 5.91 Å². The molecular weight excluding hydrogens is 314 g/mol. The number of amides is 1. The molecule has 1 amide bonds. The summed E-state index contributed by atoms with van der Waals surface area (Å²) in [4.78, 5) is 12.0. The standard InChI is InChI=1S/C17H18ClN3O2/c1-12(20-15-8-6-14(18)7-9-15)17(22)21-19-11-13-4-3-5-16(10-13)23-2/h3-12,20H,1-2H3,(H,21,22)/b19-11+. The summed E-state index contributed by atoms with van der Waals surface area (Å²) in [7, 11) is 1.60. The van der Waals surface area contributed by atoms with Crippen LogP contribution >= 0.6 is 11.6 Å². The third kappa shape index (κ3) is 5.30. The fourth-order valence-electron chi connectivity index (χ4n) is 1.85. The number of hydrogen-bond donors (Lipinski definition) is 2. The molecule has 1 unspecified atom stereocenters. The lowest BCUT2D eigenvalue weighted by Crippen LogP contribution is -2.34. The maximum absolute atomic E-state index is 12.0. The van der Waals surface area contributed by atoms with E-state index in [-0.39, 0.29) is 5.91 Å². The van der Waals surface area contributed by atoms with E-state index in [0.29, 0.717) is 5.02 Å². The maximum Gasteiger partial charge on any atom is 0.262 e. The summed E-state index contributed by atoms with van der Waals surface area (Å²) in [6.45, 7) is 1.75. The molecule has 0 aliphatic carbocycles. The largest absolute Gasteiger partial charge is 0.497 e. The molecule has 2 N–H and O–H groups in total. The van der Waals surface area contributed by atoms with Gasteiger partial charge in [-0.05, 0) is 48.9 Å². The summed E-state index contributed by atoms with van der Waals surface area (Å²) in [6, 6.07) is 14.1. The first-order chi connectivity index (χ1) is 11.1. The Kier molecular flexibility index (Phi) is 6.00. The van der Waals surface area contributed by atoms with Gasteiger partial charge in [0.2, 0.25) is 0 Å². The van der Waals surface area contributed by atoms with Crippen LogP contribution in [0.3, 0.4) is 0 Å². The lowest BCUT2D eigenvalue weighted by molar-refractivity contribution is -0.121. The maximum atomic E-state index is 12.0. The van der Waals surface area contributed by atoms with Crippen molar-refractivity contribution in [3.05, 3.63) is 59.1 Å². The first-order valence-electron chi connectivity index (χ1n) is 7.07. The molecule has 0 bridgehead atoms. The van der Waals surface area contributed by atoms with Gasteiger partial charge >= 0.3 is 0 Å². The second-order valence-electron chi connectivity index (χ2n) is 4.88. The average Bonchev–Trinajstić information content (AvgIpc) is 2.57. The van der Waals surface area contributed by atoms with Gasteiger partial charge in [-0.3, -0.25) is 4.79 Å². The quantitative estimate of drug-likeness (QED) is 0.630. The number of benzene rings is 2. The van der Waals surface area contributed by atoms with Crippen molar-refractivity contribution in [1.29, 1.82) is 0 Å². The molecule has 6 heteroatoms. The van der Waals surface area contributed by atoms with Crippen molar-refractivity contribution in [3.63, 3.8) is 0 Å². The Labute approximate surface area is 140 Å². The van der Waals surface area contributed by atoms with Crippen LogP contribution in [0, 0.1) is 0 Å². The van der Waals surface area contributed by atoms with Gasteiger partial charge in [0.1, 0.15) is 11.8 Å². The van der Waals surface area contributed by atoms with E-state index >= 15 is 0 Å². The van der Waals surface area contributed by atoms with Crippen molar-refractivity contribution >= 4 is 29.4 Å². The fraction of sp³-hybridized carbons (Fsp3) is 0.176. The molecular formula is C17H18ClN3O2. The molecule has 0 fully saturated rings. The third-order valence-electron chi connectivity index (χ3n) is 3.10. The van der Waals surface area contributed by atoms with Crippen molar-refractivity contribution in [1.82, 2.24) is 5.43 Å². The molecule has 23 heavy (non-hydrogen) atoms. The molecule has 0 aliphatic heterocycles. The zero-order valence-corrected chi connectivity index (χ0v) is 13.7. The van der Waals surface area contributed by atoms with Crippen LogP contribution < -0.4 is 15.5 Å². The van der Waals surface area contributed by atoms with Gasteiger partial charge in [-0.2, -0.15) is 5.10 Å². The van der Waals surface area contributed by atoms with Gasteiger partial charge in [-0.25, -0.2) is 5.43 Å². The molecule has 2 rings (SSSR count). The second kappa shape index (κ2) is 8.19. The number of carbonyl (C=O) groups excluding carboxylic acids is 1. The Morgan fingerprint density at radius 3 is 2.70 bits per heavy atom. The fourth-order valence-corrected chi connectivity index (χ4v) is 1.98. The molecule has 1 atom stereocenters. The van der Waals surface area contributed by atoms with Crippen LogP contribution in [-0.4, -0.2) is 25.3 Å². The Morgan fingerprint density at radius 1 is 1.26 bits per heavy atom. The highest BCUT2D eigenvalue weighted by molar-refractivity contribution is 6.30. The van der Waals surface area contributed by atoms with Gasteiger partial charge in [0.15, 0.2) is 0 Å². The van der Waals surface area contributed by atoms with Crippen LogP contribution in [0.25, 0.3) is 0 Å². The summed E-state index contributed by atoms with van der Waals surface area (Å²) < 4.78 is 5.13. The smallest absolute Gasteiger partial charge is 0.262 e. The molecule has 2 aromatic rings. The number of methoxy groups -OCH3 is 1. The average molecular weight is 332 g/mol. The van der Waals surface area contributed by atoms with Gasteiger partial charge < -0.3 is 10.1 Å². The Balaban J connectivity index is 1.88. The molecule has 5 nitrogen and oxygen atoms in total. The van der Waals surface area contributed by atoms with E-state index in [9.17, 15) is 4.79 Å². The molecule has 0 radical (unpaired) electrons. The summed E-state index contributed by atoms with van der Waals surface area (Å²) in [6.07, 6.45) is 1.56. The van der Waals surface area contributed by atoms with E-state index in [1.54, 1.807) is 32.4 Å². The summed E-state index contributed by atoms with van der Waals surface area (Å²) in [5.74, 6) is 0.497. The highest BCUT2D eigenvalue weighted by atomic mass is 35.5. The number of nitrogens with zero attached hydrogens (tertiary/aromatic N) is 1. The van der Waals surface area contributed by atoms with E-state index in [2.05, 4.69) is 15.8 Å². The van der Waals surface area contributed by atoms with Crippen molar-refractivity contribution in [3.8, 4) is 5.75 Å². The Bertz CT molecular complexity index is 686. The second-order valence-corrected chi connectivity index (χ2v) is 5.32.